The second kappa shape index (κ2) is 10.6. The van der Waals surface area contributed by atoms with Gasteiger partial charge in [0.25, 0.3) is 0 Å². The van der Waals surface area contributed by atoms with Crippen molar-refractivity contribution in [3.05, 3.63) is 35.9 Å². The molecule has 0 aliphatic heterocycles. The molecule has 1 rings (SSSR count). The summed E-state index contributed by atoms with van der Waals surface area (Å²) in [5.41, 5.74) is 1.12. The van der Waals surface area contributed by atoms with Gasteiger partial charge in [-0.3, -0.25) is 4.79 Å². The highest BCUT2D eigenvalue weighted by molar-refractivity contribution is 5.74. The first-order chi connectivity index (χ1) is 10.6. The normalized spacial score (nSPS) is 11.7. The van der Waals surface area contributed by atoms with Gasteiger partial charge in [0.05, 0.1) is 0 Å². The van der Waals surface area contributed by atoms with E-state index in [9.17, 15) is 9.59 Å². The molecule has 4 N–H and O–H groups in total. The summed E-state index contributed by atoms with van der Waals surface area (Å²) >= 11 is 0. The largest absolute Gasteiger partial charge is 0.481 e. The van der Waals surface area contributed by atoms with E-state index in [0.29, 0.717) is 32.2 Å². The molecule has 6 heteroatoms. The highest BCUT2D eigenvalue weighted by Gasteiger charge is 2.12. The molecule has 0 fully saturated rings. The van der Waals surface area contributed by atoms with Crippen molar-refractivity contribution in [2.24, 2.45) is 0 Å². The van der Waals surface area contributed by atoms with Crippen LogP contribution < -0.4 is 10.6 Å². The highest BCUT2D eigenvalue weighted by atomic mass is 16.4. The Bertz CT molecular complexity index is 451. The van der Waals surface area contributed by atoms with Gasteiger partial charge in [0.2, 0.25) is 0 Å². The Kier molecular flexibility index (Phi) is 8.67. The summed E-state index contributed by atoms with van der Waals surface area (Å²) in [7, 11) is 0. The van der Waals surface area contributed by atoms with Gasteiger partial charge in [-0.05, 0) is 31.2 Å². The molecule has 0 radical (unpaired) electrons. The number of carboxylic acid groups (broad SMARTS) is 1. The van der Waals surface area contributed by atoms with Crippen LogP contribution >= 0.6 is 0 Å². The molecule has 1 unspecified atom stereocenters. The minimum absolute atomic E-state index is 0.0399. The number of hydrogen-bond donors (Lipinski definition) is 4. The molecule has 0 aliphatic rings. The van der Waals surface area contributed by atoms with Crippen LogP contribution in [0, 0.1) is 0 Å². The predicted molar refractivity (Wildman–Crippen MR) is 83.7 cm³/mol. The van der Waals surface area contributed by atoms with Gasteiger partial charge in [-0.2, -0.15) is 0 Å². The van der Waals surface area contributed by atoms with E-state index in [4.69, 9.17) is 10.2 Å². The fraction of sp³-hybridized carbons (Fsp3) is 0.500. The maximum Gasteiger partial charge on any atom is 0.315 e. The fourth-order valence-corrected chi connectivity index (χ4v) is 2.14. The molecule has 1 aromatic rings. The van der Waals surface area contributed by atoms with Gasteiger partial charge >= 0.3 is 12.0 Å². The first kappa shape index (κ1) is 18.0. The number of carbonyl (C=O) groups is 2. The second-order valence-electron chi connectivity index (χ2n) is 5.15. The standard InChI is InChI=1S/C16H24N2O4/c19-11-5-8-14(12-13-6-2-1-3-7-13)18-16(22)17-10-4-9-15(20)21/h1-3,6-7,14,19H,4-5,8-12H2,(H,20,21)(H2,17,18,22). The molecule has 1 atom stereocenters. The maximum atomic E-state index is 11.8. The van der Waals surface area contributed by atoms with Gasteiger partial charge < -0.3 is 20.8 Å². The summed E-state index contributed by atoms with van der Waals surface area (Å²) in [6, 6.07) is 9.47. The number of aliphatic hydroxyl groups excluding tert-OH is 1. The monoisotopic (exact) mass is 308 g/mol. The third-order valence-corrected chi connectivity index (χ3v) is 3.22. The Balaban J connectivity index is 2.39. The van der Waals surface area contributed by atoms with E-state index in [1.807, 2.05) is 30.3 Å². The Morgan fingerprint density at radius 3 is 2.50 bits per heavy atom. The summed E-state index contributed by atoms with van der Waals surface area (Å²) in [5.74, 6) is -0.868. The lowest BCUT2D eigenvalue weighted by molar-refractivity contribution is -0.137. The van der Waals surface area contributed by atoms with E-state index in [2.05, 4.69) is 10.6 Å². The number of urea groups is 1. The average Bonchev–Trinajstić information content (AvgIpc) is 2.50. The molecule has 0 aromatic heterocycles. The molecule has 0 saturated heterocycles. The third-order valence-electron chi connectivity index (χ3n) is 3.22. The summed E-state index contributed by atoms with van der Waals surface area (Å²) in [6.07, 6.45) is 2.45. The number of aliphatic carboxylic acids is 1. The van der Waals surface area contributed by atoms with Crippen LogP contribution in [0.1, 0.15) is 31.2 Å². The molecule has 22 heavy (non-hydrogen) atoms. The van der Waals surface area contributed by atoms with Crippen molar-refractivity contribution in [2.45, 2.75) is 38.1 Å². The van der Waals surface area contributed by atoms with Crippen molar-refractivity contribution in [3.8, 4) is 0 Å². The van der Waals surface area contributed by atoms with E-state index in [1.54, 1.807) is 0 Å². The molecule has 2 amide bonds. The molecule has 1 aromatic carbocycles. The zero-order valence-electron chi connectivity index (χ0n) is 12.6. The van der Waals surface area contributed by atoms with Crippen LogP contribution in [0.5, 0.6) is 0 Å². The molecule has 122 valence electrons. The van der Waals surface area contributed by atoms with Crippen molar-refractivity contribution in [3.63, 3.8) is 0 Å². The topological polar surface area (TPSA) is 98.7 Å². The first-order valence-corrected chi connectivity index (χ1v) is 7.52. The third kappa shape index (κ3) is 8.26. The van der Waals surface area contributed by atoms with E-state index in [1.165, 1.54) is 0 Å². The van der Waals surface area contributed by atoms with Crippen LogP contribution in [0.25, 0.3) is 0 Å². The Morgan fingerprint density at radius 1 is 1.14 bits per heavy atom. The zero-order chi connectivity index (χ0) is 16.2. The summed E-state index contributed by atoms with van der Waals surface area (Å²) < 4.78 is 0. The lowest BCUT2D eigenvalue weighted by atomic mass is 10.0. The Morgan fingerprint density at radius 2 is 1.86 bits per heavy atom. The van der Waals surface area contributed by atoms with Crippen LogP contribution in [0.15, 0.2) is 30.3 Å². The van der Waals surface area contributed by atoms with Crippen molar-refractivity contribution in [2.75, 3.05) is 13.2 Å². The van der Waals surface area contributed by atoms with Gasteiger partial charge in [-0.1, -0.05) is 30.3 Å². The number of aliphatic hydroxyl groups is 1. The molecule has 0 spiro atoms. The van der Waals surface area contributed by atoms with Gasteiger partial charge in [-0.25, -0.2) is 4.79 Å². The Labute approximate surface area is 130 Å². The lowest BCUT2D eigenvalue weighted by Gasteiger charge is -2.19. The molecule has 0 heterocycles. The van der Waals surface area contributed by atoms with Gasteiger partial charge in [-0.15, -0.1) is 0 Å². The maximum absolute atomic E-state index is 11.8. The molecule has 0 aliphatic carbocycles. The van der Waals surface area contributed by atoms with Crippen LogP contribution in [0.2, 0.25) is 0 Å². The number of benzene rings is 1. The molecule has 6 nitrogen and oxygen atoms in total. The van der Waals surface area contributed by atoms with Crippen molar-refractivity contribution in [1.29, 1.82) is 0 Å². The zero-order valence-corrected chi connectivity index (χ0v) is 12.6. The molecule has 0 saturated carbocycles. The molecule has 0 bridgehead atoms. The van der Waals surface area contributed by atoms with Crippen molar-refractivity contribution >= 4 is 12.0 Å². The van der Waals surface area contributed by atoms with Crippen molar-refractivity contribution in [1.82, 2.24) is 10.6 Å². The van der Waals surface area contributed by atoms with Crippen LogP contribution in [0.4, 0.5) is 4.79 Å². The number of rotatable bonds is 10. The fourth-order valence-electron chi connectivity index (χ4n) is 2.14. The summed E-state index contributed by atoms with van der Waals surface area (Å²) in [4.78, 5) is 22.2. The second-order valence-corrected chi connectivity index (χ2v) is 5.15. The quantitative estimate of drug-likeness (QED) is 0.493. The van der Waals surface area contributed by atoms with Crippen molar-refractivity contribution < 1.29 is 19.8 Å². The Hall–Kier alpha value is -2.08. The lowest BCUT2D eigenvalue weighted by Crippen LogP contribution is -2.43. The van der Waals surface area contributed by atoms with Crippen LogP contribution in [-0.4, -0.2) is 41.4 Å². The van der Waals surface area contributed by atoms with Crippen LogP contribution in [0.3, 0.4) is 0 Å². The molecular weight excluding hydrogens is 284 g/mol. The van der Waals surface area contributed by atoms with E-state index < -0.39 is 5.97 Å². The smallest absolute Gasteiger partial charge is 0.315 e. The van der Waals surface area contributed by atoms with Gasteiger partial charge in [0.15, 0.2) is 0 Å². The first-order valence-electron chi connectivity index (χ1n) is 7.52. The summed E-state index contributed by atoms with van der Waals surface area (Å²) in [6.45, 7) is 0.420. The van der Waals surface area contributed by atoms with E-state index in [0.717, 1.165) is 5.56 Å². The minimum Gasteiger partial charge on any atom is -0.481 e. The number of carboxylic acids is 1. The number of carbonyl (C=O) groups excluding carboxylic acids is 1. The van der Waals surface area contributed by atoms with Crippen LogP contribution in [-0.2, 0) is 11.2 Å². The SMILES string of the molecule is O=C(O)CCCNC(=O)NC(CCCO)Cc1ccccc1. The van der Waals surface area contributed by atoms with Gasteiger partial charge in [0.1, 0.15) is 0 Å². The number of hydrogen-bond acceptors (Lipinski definition) is 3. The summed E-state index contributed by atoms with van der Waals surface area (Å²) in [5, 5.41) is 23.0. The minimum atomic E-state index is -0.868. The van der Waals surface area contributed by atoms with E-state index >= 15 is 0 Å². The van der Waals surface area contributed by atoms with E-state index in [-0.39, 0.29) is 25.1 Å². The number of nitrogens with one attached hydrogen (secondary N) is 2. The molecular formula is C16H24N2O4. The average molecular weight is 308 g/mol. The predicted octanol–water partition coefficient (Wildman–Crippen LogP) is 1.53. The number of amides is 2. The highest BCUT2D eigenvalue weighted by Crippen LogP contribution is 2.07. The van der Waals surface area contributed by atoms with Gasteiger partial charge in [0, 0.05) is 25.6 Å².